The summed E-state index contributed by atoms with van der Waals surface area (Å²) in [4.78, 5) is 25.1. The van der Waals surface area contributed by atoms with Crippen LogP contribution in [0.5, 0.6) is 11.5 Å². The largest absolute Gasteiger partial charge is 0.508 e. The standard InChI is InChI=1S/C22H28N2O5/c1-2-3-12-29-22(28)20(14-16-6-10-18(26)11-7-16)24-21(27)19(23)13-15-4-8-17(25)9-5-15/h4-11,19-20,25-26H,2-3,12-14,23H2,1H3,(H,24,27). The molecule has 2 aromatic carbocycles. The number of esters is 1. The highest BCUT2D eigenvalue weighted by molar-refractivity contribution is 5.87. The van der Waals surface area contributed by atoms with Gasteiger partial charge in [-0.1, -0.05) is 37.6 Å². The number of aromatic hydroxyl groups is 2. The first-order chi connectivity index (χ1) is 13.9. The highest BCUT2D eigenvalue weighted by Crippen LogP contribution is 2.13. The van der Waals surface area contributed by atoms with Crippen molar-refractivity contribution in [2.45, 2.75) is 44.7 Å². The SMILES string of the molecule is CCCCOC(=O)C(Cc1ccc(O)cc1)NC(=O)C(N)Cc1ccc(O)cc1. The quantitative estimate of drug-likeness (QED) is 0.358. The first-order valence-corrected chi connectivity index (χ1v) is 9.67. The van der Waals surface area contributed by atoms with Crippen LogP contribution in [0, 0.1) is 0 Å². The molecular formula is C22H28N2O5. The van der Waals surface area contributed by atoms with Crippen molar-refractivity contribution in [2.24, 2.45) is 5.73 Å². The third-order valence-corrected chi connectivity index (χ3v) is 4.45. The Bertz CT molecular complexity index is 790. The molecular weight excluding hydrogens is 372 g/mol. The number of nitrogens with one attached hydrogen (secondary N) is 1. The number of carbonyl (C=O) groups excluding carboxylic acids is 2. The first-order valence-electron chi connectivity index (χ1n) is 9.67. The lowest BCUT2D eigenvalue weighted by molar-refractivity contribution is -0.148. The summed E-state index contributed by atoms with van der Waals surface area (Å²) in [6.45, 7) is 2.28. The van der Waals surface area contributed by atoms with Crippen LogP contribution < -0.4 is 11.1 Å². The van der Waals surface area contributed by atoms with Gasteiger partial charge >= 0.3 is 5.97 Å². The molecule has 2 aromatic rings. The molecule has 1 amide bonds. The molecule has 5 N–H and O–H groups in total. The minimum Gasteiger partial charge on any atom is -0.508 e. The lowest BCUT2D eigenvalue weighted by atomic mass is 10.0. The number of hydrogen-bond donors (Lipinski definition) is 4. The molecule has 0 aliphatic heterocycles. The molecule has 7 heteroatoms. The third-order valence-electron chi connectivity index (χ3n) is 4.45. The van der Waals surface area contributed by atoms with Crippen molar-refractivity contribution in [1.82, 2.24) is 5.32 Å². The summed E-state index contributed by atoms with van der Waals surface area (Å²) < 4.78 is 5.28. The normalized spacial score (nSPS) is 12.8. The smallest absolute Gasteiger partial charge is 0.328 e. The molecule has 0 bridgehead atoms. The van der Waals surface area contributed by atoms with Crippen molar-refractivity contribution in [3.8, 4) is 11.5 Å². The zero-order valence-corrected chi connectivity index (χ0v) is 16.5. The second-order valence-electron chi connectivity index (χ2n) is 6.93. The van der Waals surface area contributed by atoms with Crippen LogP contribution >= 0.6 is 0 Å². The Hall–Kier alpha value is -3.06. The molecule has 29 heavy (non-hydrogen) atoms. The summed E-state index contributed by atoms with van der Waals surface area (Å²) in [5.41, 5.74) is 7.58. The lowest BCUT2D eigenvalue weighted by Gasteiger charge is -2.20. The topological polar surface area (TPSA) is 122 Å². The van der Waals surface area contributed by atoms with E-state index in [1.807, 2.05) is 6.92 Å². The lowest BCUT2D eigenvalue weighted by Crippen LogP contribution is -2.50. The summed E-state index contributed by atoms with van der Waals surface area (Å²) in [6.07, 6.45) is 2.12. The maximum absolute atomic E-state index is 12.6. The third kappa shape index (κ3) is 7.46. The molecule has 0 aromatic heterocycles. The van der Waals surface area contributed by atoms with E-state index >= 15 is 0 Å². The Kier molecular flexibility index (Phi) is 8.48. The van der Waals surface area contributed by atoms with Gasteiger partial charge in [0.1, 0.15) is 17.5 Å². The number of rotatable bonds is 10. The number of nitrogens with two attached hydrogens (primary N) is 1. The summed E-state index contributed by atoms with van der Waals surface area (Å²) in [7, 11) is 0. The van der Waals surface area contributed by atoms with Crippen LogP contribution in [0.3, 0.4) is 0 Å². The molecule has 0 fully saturated rings. The molecule has 0 aliphatic carbocycles. The van der Waals surface area contributed by atoms with Crippen LogP contribution in [0.2, 0.25) is 0 Å². The predicted molar refractivity (Wildman–Crippen MR) is 109 cm³/mol. The van der Waals surface area contributed by atoms with Crippen molar-refractivity contribution in [2.75, 3.05) is 6.61 Å². The van der Waals surface area contributed by atoms with E-state index < -0.39 is 24.0 Å². The zero-order valence-electron chi connectivity index (χ0n) is 16.5. The molecule has 7 nitrogen and oxygen atoms in total. The Morgan fingerprint density at radius 3 is 2.00 bits per heavy atom. The molecule has 0 saturated carbocycles. The van der Waals surface area contributed by atoms with Gasteiger partial charge in [-0.3, -0.25) is 4.79 Å². The minimum atomic E-state index is -0.880. The fourth-order valence-corrected chi connectivity index (χ4v) is 2.74. The summed E-state index contributed by atoms with van der Waals surface area (Å²) in [5.74, 6) is -0.725. The molecule has 0 heterocycles. The van der Waals surface area contributed by atoms with Crippen molar-refractivity contribution < 1.29 is 24.5 Å². The molecule has 0 saturated heterocycles. The fraction of sp³-hybridized carbons (Fsp3) is 0.364. The number of phenolic OH excluding ortho intramolecular Hbond substituents is 2. The van der Waals surface area contributed by atoms with Crippen LogP contribution in [0.25, 0.3) is 0 Å². The number of hydrogen-bond acceptors (Lipinski definition) is 6. The molecule has 2 unspecified atom stereocenters. The van der Waals surface area contributed by atoms with Gasteiger partial charge in [-0.2, -0.15) is 0 Å². The van der Waals surface area contributed by atoms with Gasteiger partial charge in [-0.25, -0.2) is 4.79 Å². The maximum Gasteiger partial charge on any atom is 0.328 e. The van der Waals surface area contributed by atoms with Gasteiger partial charge in [-0.05, 0) is 48.2 Å². The Morgan fingerprint density at radius 1 is 0.966 bits per heavy atom. The maximum atomic E-state index is 12.6. The highest BCUT2D eigenvalue weighted by Gasteiger charge is 2.25. The van der Waals surface area contributed by atoms with Gasteiger partial charge in [0.2, 0.25) is 5.91 Å². The van der Waals surface area contributed by atoms with E-state index in [4.69, 9.17) is 10.5 Å². The Labute approximate surface area is 170 Å². The Morgan fingerprint density at radius 2 is 1.48 bits per heavy atom. The van der Waals surface area contributed by atoms with Gasteiger partial charge in [-0.15, -0.1) is 0 Å². The minimum absolute atomic E-state index is 0.121. The Balaban J connectivity index is 2.03. The van der Waals surface area contributed by atoms with E-state index in [-0.39, 0.29) is 30.9 Å². The number of benzene rings is 2. The van der Waals surface area contributed by atoms with E-state index in [0.717, 1.165) is 24.0 Å². The van der Waals surface area contributed by atoms with E-state index in [0.29, 0.717) is 0 Å². The number of unbranched alkanes of at least 4 members (excludes halogenated alkanes) is 1. The summed E-state index contributed by atoms with van der Waals surface area (Å²) >= 11 is 0. The van der Waals surface area contributed by atoms with Gasteiger partial charge < -0.3 is 26.0 Å². The number of carbonyl (C=O) groups is 2. The second-order valence-corrected chi connectivity index (χ2v) is 6.93. The summed E-state index contributed by atoms with van der Waals surface area (Å²) in [6, 6.07) is 11.1. The van der Waals surface area contributed by atoms with Crippen LogP contribution in [-0.4, -0.2) is 40.8 Å². The van der Waals surface area contributed by atoms with Crippen molar-refractivity contribution >= 4 is 11.9 Å². The molecule has 0 aliphatic rings. The van der Waals surface area contributed by atoms with E-state index in [2.05, 4.69) is 5.32 Å². The summed E-state index contributed by atoms with van der Waals surface area (Å²) in [5, 5.41) is 21.5. The van der Waals surface area contributed by atoms with Gasteiger partial charge in [0, 0.05) is 6.42 Å². The second kappa shape index (κ2) is 11.1. The van der Waals surface area contributed by atoms with E-state index in [9.17, 15) is 19.8 Å². The van der Waals surface area contributed by atoms with Crippen LogP contribution in [0.15, 0.2) is 48.5 Å². The number of amides is 1. The van der Waals surface area contributed by atoms with Crippen LogP contribution in [0.1, 0.15) is 30.9 Å². The van der Waals surface area contributed by atoms with E-state index in [1.165, 1.54) is 24.3 Å². The molecule has 0 radical (unpaired) electrons. The molecule has 0 spiro atoms. The first kappa shape index (κ1) is 22.2. The van der Waals surface area contributed by atoms with Crippen molar-refractivity contribution in [3.05, 3.63) is 59.7 Å². The number of phenols is 2. The molecule has 156 valence electrons. The van der Waals surface area contributed by atoms with Crippen LogP contribution in [-0.2, 0) is 27.2 Å². The van der Waals surface area contributed by atoms with Gasteiger partial charge in [0.25, 0.3) is 0 Å². The van der Waals surface area contributed by atoms with Gasteiger partial charge in [0.15, 0.2) is 0 Å². The highest BCUT2D eigenvalue weighted by atomic mass is 16.5. The zero-order chi connectivity index (χ0) is 21.2. The van der Waals surface area contributed by atoms with E-state index in [1.54, 1.807) is 24.3 Å². The fourth-order valence-electron chi connectivity index (χ4n) is 2.74. The van der Waals surface area contributed by atoms with Crippen molar-refractivity contribution in [1.29, 1.82) is 0 Å². The van der Waals surface area contributed by atoms with Gasteiger partial charge in [0.05, 0.1) is 12.6 Å². The monoisotopic (exact) mass is 400 g/mol. The van der Waals surface area contributed by atoms with Crippen LogP contribution in [0.4, 0.5) is 0 Å². The van der Waals surface area contributed by atoms with Crippen molar-refractivity contribution in [3.63, 3.8) is 0 Å². The predicted octanol–water partition coefficient (Wildman–Crippen LogP) is 2.04. The molecule has 2 rings (SSSR count). The average molecular weight is 400 g/mol. The average Bonchev–Trinajstić information content (AvgIpc) is 2.70. The molecule has 2 atom stereocenters. The number of ether oxygens (including phenoxy) is 1.